The Balaban J connectivity index is 2.00. The monoisotopic (exact) mass is 680 g/mol. The Labute approximate surface area is 275 Å². The van der Waals surface area contributed by atoms with Crippen molar-refractivity contribution in [2.24, 2.45) is 0 Å². The lowest BCUT2D eigenvalue weighted by Crippen LogP contribution is -3.04. The Morgan fingerprint density at radius 3 is 0.864 bits per heavy atom. The summed E-state index contributed by atoms with van der Waals surface area (Å²) >= 11 is 0. The van der Waals surface area contributed by atoms with Crippen molar-refractivity contribution in [2.45, 2.75) is 86.4 Å². The molecule has 0 radical (unpaired) electrons. The van der Waals surface area contributed by atoms with Crippen molar-refractivity contribution in [1.82, 2.24) is 0 Å². The van der Waals surface area contributed by atoms with Crippen LogP contribution < -0.4 is 20.7 Å². The summed E-state index contributed by atoms with van der Waals surface area (Å²) in [6.45, 7) is 34.3. The molecule has 0 aliphatic carbocycles. The highest BCUT2D eigenvalue weighted by Gasteiger charge is 2.93. The molecule has 1 aliphatic rings. The van der Waals surface area contributed by atoms with Crippen molar-refractivity contribution in [2.75, 3.05) is 0 Å². The normalized spacial score (nSPS) is 19.2. The highest BCUT2D eigenvalue weighted by Crippen LogP contribution is 2.84. The van der Waals surface area contributed by atoms with Crippen molar-refractivity contribution in [1.29, 1.82) is 0 Å². The molecule has 44 heavy (non-hydrogen) atoms. The van der Waals surface area contributed by atoms with Gasteiger partial charge in [-0.2, -0.15) is 0 Å². The lowest BCUT2D eigenvalue weighted by molar-refractivity contribution is 0.971. The maximum atomic E-state index is 2.95. The van der Waals surface area contributed by atoms with E-state index < -0.39 is 48.4 Å². The van der Waals surface area contributed by atoms with E-state index in [0.29, 0.717) is 7.82 Å². The van der Waals surface area contributed by atoms with Crippen LogP contribution >= 0.6 is 0 Å². The molecule has 0 nitrogen and oxygen atoms in total. The van der Waals surface area contributed by atoms with Crippen LogP contribution in [0.5, 0.6) is 0 Å². The van der Waals surface area contributed by atoms with Crippen molar-refractivity contribution in [3.63, 3.8) is 0 Å². The third-order valence-corrected chi connectivity index (χ3v) is 79.7. The van der Waals surface area contributed by atoms with Crippen molar-refractivity contribution in [3.05, 3.63) is 121 Å². The fraction of sp³-hybridized carbons (Fsp3) is 0.368. The van der Waals surface area contributed by atoms with Gasteiger partial charge >= 0.3 is 0 Å². The largest absolute Gasteiger partial charge is 0.113 e. The van der Waals surface area contributed by atoms with Crippen LogP contribution in [0.1, 0.15) is 0 Å². The van der Waals surface area contributed by atoms with Gasteiger partial charge in [0.1, 0.15) is 8.07 Å². The highest BCUT2D eigenvalue weighted by atomic mass is 28.6. The first-order valence-corrected chi connectivity index (χ1v) is 34.6. The zero-order valence-electron chi connectivity index (χ0n) is 29.5. The molecule has 6 heteroatoms. The first-order chi connectivity index (χ1) is 20.4. The van der Waals surface area contributed by atoms with E-state index in [0.717, 1.165) is 0 Å². The molecule has 1 saturated heterocycles. The van der Waals surface area contributed by atoms with Crippen LogP contribution in [0.25, 0.3) is 0 Å². The molecule has 1 heterocycles. The molecule has 1 aliphatic heterocycles. The number of hydrogen-bond donors (Lipinski definition) is 0. The van der Waals surface area contributed by atoms with E-state index in [1.165, 1.54) is 0 Å². The van der Waals surface area contributed by atoms with E-state index in [4.69, 9.17) is 0 Å². The molecule has 0 bridgehead atoms. The average Bonchev–Trinajstić information content (AvgIpc) is 2.97. The van der Waals surface area contributed by atoms with Crippen LogP contribution in [-0.2, 0) is 0 Å². The molecule has 4 aromatic carbocycles. The van der Waals surface area contributed by atoms with E-state index in [2.05, 4.69) is 200 Å². The van der Waals surface area contributed by atoms with Crippen LogP contribution in [0.3, 0.4) is 0 Å². The summed E-state index contributed by atoms with van der Waals surface area (Å²) in [5, 5.41) is 6.71. The quantitative estimate of drug-likeness (QED) is 0.164. The Bertz CT molecular complexity index is 1470. The predicted octanol–water partition coefficient (Wildman–Crippen LogP) is 8.60. The van der Waals surface area contributed by atoms with Gasteiger partial charge in [-0.05, 0) is 7.82 Å². The zero-order chi connectivity index (χ0) is 32.5. The first kappa shape index (κ1) is 33.5. The number of rotatable bonds is 8. The second-order valence-corrected chi connectivity index (χ2v) is 50.9. The van der Waals surface area contributed by atoms with E-state index in [1.54, 1.807) is 20.7 Å². The van der Waals surface area contributed by atoms with Gasteiger partial charge in [0.2, 0.25) is 0 Å². The van der Waals surface area contributed by atoms with Gasteiger partial charge < -0.3 is 0 Å². The maximum Gasteiger partial charge on any atom is 0.113 e. The van der Waals surface area contributed by atoms with E-state index in [9.17, 15) is 0 Å². The summed E-state index contributed by atoms with van der Waals surface area (Å²) in [5.74, 6) is 0. The molecule has 0 amide bonds. The van der Waals surface area contributed by atoms with Gasteiger partial charge in [-0.1, -0.05) is 221 Å². The van der Waals surface area contributed by atoms with E-state index in [1.807, 2.05) is 0 Å². The molecule has 0 aromatic heterocycles. The third-order valence-electron chi connectivity index (χ3n) is 13.2. The van der Waals surface area contributed by atoms with Crippen molar-refractivity contribution in [3.8, 4) is 0 Å². The van der Waals surface area contributed by atoms with Crippen LogP contribution in [0.15, 0.2) is 121 Å². The summed E-state index contributed by atoms with van der Waals surface area (Å²) < 4.78 is 0.890. The van der Waals surface area contributed by atoms with Gasteiger partial charge in [0.15, 0.2) is 0 Å². The molecular weight excluding hydrogens is 625 g/mol. The first-order valence-electron chi connectivity index (χ1n) is 16.6. The second kappa shape index (κ2) is 10.9. The van der Waals surface area contributed by atoms with Gasteiger partial charge in [0.25, 0.3) is 0 Å². The minimum Gasteiger partial charge on any atom is -0.0697 e. The van der Waals surface area contributed by atoms with Crippen LogP contribution in [0, 0.1) is 0 Å². The predicted molar refractivity (Wildman–Crippen MR) is 215 cm³/mol. The lowest BCUT2D eigenvalue weighted by Gasteiger charge is -2.90. The average molecular weight is 681 g/mol. The standard InChI is InChI=1S/C38H56Si6/c1-39(2,3)37(44(12,35-29-21-15-22-30-35)36-31-23-16-24-32-36)42(8,9)38(43(37,10)11,40(4,5)33-25-17-13-18-26-33)41(6,7)34-27-19-14-20-28-34/h13-32H,1-12H3. The molecule has 0 saturated carbocycles. The molecule has 0 atom stereocenters. The number of benzene rings is 4. The topological polar surface area (TPSA) is 0 Å². The summed E-state index contributed by atoms with van der Waals surface area (Å²) in [5.41, 5.74) is 0. The van der Waals surface area contributed by atoms with Crippen LogP contribution in [-0.4, -0.2) is 48.4 Å². The summed E-state index contributed by atoms with van der Waals surface area (Å²) in [6.07, 6.45) is 0. The molecule has 4 aromatic rings. The summed E-state index contributed by atoms with van der Waals surface area (Å²) in [4.78, 5) is 0. The summed E-state index contributed by atoms with van der Waals surface area (Å²) in [7, 11) is -12.4. The van der Waals surface area contributed by atoms with Crippen molar-refractivity contribution < 1.29 is 0 Å². The lowest BCUT2D eigenvalue weighted by atomic mass is 10.4. The second-order valence-electron chi connectivity index (χ2n) is 16.8. The SMILES string of the molecule is C[Si](C)(C)C1([Si](C)(c2ccccc2)c2ccccc2)[Si](C)(C)C([Si](C)(C)c2ccccc2)([Si](C)(C)c2ccccc2)[Si]1(C)C. The van der Waals surface area contributed by atoms with Gasteiger partial charge in [0.05, 0.1) is 16.1 Å². The fourth-order valence-electron chi connectivity index (χ4n) is 14.1. The Kier molecular flexibility index (Phi) is 8.29. The minimum atomic E-state index is -2.29. The Morgan fingerprint density at radius 1 is 0.364 bits per heavy atom. The van der Waals surface area contributed by atoms with E-state index >= 15 is 0 Å². The van der Waals surface area contributed by atoms with Gasteiger partial charge in [0, 0.05) is 24.2 Å². The van der Waals surface area contributed by atoms with Gasteiger partial charge in [-0.15, -0.1) is 0 Å². The minimum absolute atomic E-state index is 0.445. The highest BCUT2D eigenvalue weighted by molar-refractivity contribution is 7.55. The van der Waals surface area contributed by atoms with Gasteiger partial charge in [-0.3, -0.25) is 0 Å². The van der Waals surface area contributed by atoms with Crippen LogP contribution in [0.4, 0.5) is 0 Å². The fourth-order valence-corrected chi connectivity index (χ4v) is 113. The maximum absolute atomic E-state index is 2.95. The molecule has 5 rings (SSSR count). The summed E-state index contributed by atoms with van der Waals surface area (Å²) in [6, 6.07) is 47.8. The Hall–Kier alpha value is -1.82. The molecule has 0 spiro atoms. The molecular formula is C38H56Si6. The number of hydrogen-bond acceptors (Lipinski definition) is 0. The van der Waals surface area contributed by atoms with Crippen molar-refractivity contribution >= 4 is 69.2 Å². The van der Waals surface area contributed by atoms with Crippen LogP contribution in [0.2, 0.25) is 86.4 Å². The molecule has 0 unspecified atom stereocenters. The molecule has 232 valence electrons. The molecule has 0 N–H and O–H groups in total. The smallest absolute Gasteiger partial charge is 0.0697 e. The Morgan fingerprint density at radius 2 is 0.614 bits per heavy atom. The third kappa shape index (κ3) is 3.87. The van der Waals surface area contributed by atoms with Gasteiger partial charge in [-0.25, -0.2) is 0 Å². The van der Waals surface area contributed by atoms with E-state index in [-0.39, 0.29) is 0 Å². The zero-order valence-corrected chi connectivity index (χ0v) is 35.5. The molecule has 1 fully saturated rings.